The minimum Gasteiger partial charge on any atom is -0.505 e. The molecule has 1 heterocycles. The van der Waals surface area contributed by atoms with Gasteiger partial charge in [-0.05, 0) is 6.07 Å². The highest BCUT2D eigenvalue weighted by Gasteiger charge is 2.10. The Hall–Kier alpha value is -2.37. The number of nitrogens with zero attached hydrogens (tertiary/aromatic N) is 3. The van der Waals surface area contributed by atoms with Crippen LogP contribution in [0, 0.1) is 10.1 Å². The summed E-state index contributed by atoms with van der Waals surface area (Å²) in [5.74, 6) is -0.151. The molecule has 1 aromatic heterocycles. The van der Waals surface area contributed by atoms with E-state index in [1.165, 1.54) is 18.5 Å². The minimum absolute atomic E-state index is 0.142. The van der Waals surface area contributed by atoms with Crippen LogP contribution in [0.15, 0.2) is 36.9 Å². The number of benzene rings is 1. The fourth-order valence-corrected chi connectivity index (χ4v) is 1.25. The van der Waals surface area contributed by atoms with E-state index >= 15 is 0 Å². The molecule has 76 valence electrons. The Bertz CT molecular complexity index is 493. The Morgan fingerprint density at radius 1 is 1.47 bits per heavy atom. The lowest BCUT2D eigenvalue weighted by molar-refractivity contribution is -0.384. The minimum atomic E-state index is -0.558. The average Bonchev–Trinajstić information content (AvgIpc) is 2.70. The van der Waals surface area contributed by atoms with Crippen molar-refractivity contribution >= 4 is 5.69 Å². The summed E-state index contributed by atoms with van der Waals surface area (Å²) in [5, 5.41) is 20.0. The molecule has 1 N–H and O–H groups in total. The Labute approximate surface area is 84.6 Å². The first-order valence-corrected chi connectivity index (χ1v) is 4.14. The Morgan fingerprint density at radius 2 is 2.27 bits per heavy atom. The van der Waals surface area contributed by atoms with E-state index < -0.39 is 4.92 Å². The van der Waals surface area contributed by atoms with E-state index in [2.05, 4.69) is 4.98 Å². The number of rotatable bonds is 2. The molecule has 0 saturated heterocycles. The molecule has 0 unspecified atom stereocenters. The summed E-state index contributed by atoms with van der Waals surface area (Å²) in [4.78, 5) is 13.7. The molecule has 0 bridgehead atoms. The third kappa shape index (κ3) is 1.64. The van der Waals surface area contributed by atoms with E-state index in [9.17, 15) is 15.2 Å². The van der Waals surface area contributed by atoms with Crippen molar-refractivity contribution in [3.8, 4) is 11.4 Å². The van der Waals surface area contributed by atoms with Crippen molar-refractivity contribution in [3.05, 3.63) is 47.0 Å². The van der Waals surface area contributed by atoms with Crippen molar-refractivity contribution in [1.82, 2.24) is 9.55 Å². The molecule has 6 heteroatoms. The van der Waals surface area contributed by atoms with Crippen molar-refractivity contribution in [2.45, 2.75) is 0 Å². The molecule has 15 heavy (non-hydrogen) atoms. The topological polar surface area (TPSA) is 81.2 Å². The number of nitro groups is 1. The number of phenolic OH excluding ortho intramolecular Hbond substituents is 1. The first-order valence-electron chi connectivity index (χ1n) is 4.14. The van der Waals surface area contributed by atoms with Crippen molar-refractivity contribution in [1.29, 1.82) is 0 Å². The van der Waals surface area contributed by atoms with Crippen LogP contribution in [0.25, 0.3) is 5.69 Å². The Balaban J connectivity index is 2.48. The van der Waals surface area contributed by atoms with Crippen LogP contribution >= 0.6 is 0 Å². The van der Waals surface area contributed by atoms with Crippen LogP contribution in [0.1, 0.15) is 0 Å². The molecule has 0 aliphatic heterocycles. The Morgan fingerprint density at radius 3 is 2.80 bits per heavy atom. The Kier molecular flexibility index (Phi) is 2.09. The first-order chi connectivity index (χ1) is 7.18. The second kappa shape index (κ2) is 3.41. The highest BCUT2D eigenvalue weighted by molar-refractivity contribution is 5.52. The number of non-ortho nitro benzene ring substituents is 1. The molecule has 0 atom stereocenters. The summed E-state index contributed by atoms with van der Waals surface area (Å²) in [7, 11) is 0. The number of hydrogen-bond acceptors (Lipinski definition) is 4. The van der Waals surface area contributed by atoms with Gasteiger partial charge in [0, 0.05) is 18.5 Å². The van der Waals surface area contributed by atoms with Crippen LogP contribution < -0.4 is 0 Å². The van der Waals surface area contributed by atoms with Crippen LogP contribution in [0.2, 0.25) is 0 Å². The third-order valence-electron chi connectivity index (χ3n) is 1.95. The first kappa shape index (κ1) is 9.20. The van der Waals surface area contributed by atoms with Crippen LogP contribution in [0.4, 0.5) is 5.69 Å². The second-order valence-corrected chi connectivity index (χ2v) is 2.90. The molecule has 0 aliphatic carbocycles. The van der Waals surface area contributed by atoms with Gasteiger partial charge in [0.1, 0.15) is 5.75 Å². The summed E-state index contributed by atoms with van der Waals surface area (Å²) in [6, 6.07) is 3.90. The van der Waals surface area contributed by atoms with Crippen molar-refractivity contribution < 1.29 is 10.0 Å². The fourth-order valence-electron chi connectivity index (χ4n) is 1.25. The average molecular weight is 205 g/mol. The molecular weight excluding hydrogens is 198 g/mol. The van der Waals surface area contributed by atoms with Gasteiger partial charge >= 0.3 is 0 Å². The van der Waals surface area contributed by atoms with E-state index in [1.807, 2.05) is 0 Å². The van der Waals surface area contributed by atoms with Gasteiger partial charge in [-0.25, -0.2) is 4.98 Å². The van der Waals surface area contributed by atoms with E-state index in [0.29, 0.717) is 5.69 Å². The number of aromatic hydroxyl groups is 1. The molecular formula is C9H7N3O3. The lowest BCUT2D eigenvalue weighted by Gasteiger charge is -2.03. The lowest BCUT2D eigenvalue weighted by atomic mass is 10.2. The normalized spacial score (nSPS) is 10.1. The lowest BCUT2D eigenvalue weighted by Crippen LogP contribution is -1.93. The smallest absolute Gasteiger partial charge is 0.273 e. The zero-order valence-corrected chi connectivity index (χ0v) is 7.57. The number of hydrogen-bond donors (Lipinski definition) is 1. The predicted octanol–water partition coefficient (Wildman–Crippen LogP) is 1.49. The van der Waals surface area contributed by atoms with Gasteiger partial charge in [-0.1, -0.05) is 0 Å². The third-order valence-corrected chi connectivity index (χ3v) is 1.95. The van der Waals surface area contributed by atoms with Gasteiger partial charge in [0.2, 0.25) is 0 Å². The van der Waals surface area contributed by atoms with E-state index in [4.69, 9.17) is 0 Å². The van der Waals surface area contributed by atoms with Crippen LogP contribution in [-0.2, 0) is 0 Å². The summed E-state index contributed by atoms with van der Waals surface area (Å²) in [5.41, 5.74) is 0.314. The number of phenols is 1. The fraction of sp³-hybridized carbons (Fsp3) is 0. The zero-order valence-electron chi connectivity index (χ0n) is 7.57. The maximum Gasteiger partial charge on any atom is 0.273 e. The summed E-state index contributed by atoms with van der Waals surface area (Å²) < 4.78 is 1.57. The van der Waals surface area contributed by atoms with Gasteiger partial charge in [0.25, 0.3) is 5.69 Å². The van der Waals surface area contributed by atoms with Crippen molar-refractivity contribution in [2.75, 3.05) is 0 Å². The highest BCUT2D eigenvalue weighted by Crippen LogP contribution is 2.26. The van der Waals surface area contributed by atoms with Crippen LogP contribution in [0.5, 0.6) is 5.75 Å². The monoisotopic (exact) mass is 205 g/mol. The van der Waals surface area contributed by atoms with Gasteiger partial charge in [0.05, 0.1) is 23.0 Å². The van der Waals surface area contributed by atoms with Gasteiger partial charge in [-0.15, -0.1) is 0 Å². The number of nitro benzene ring substituents is 1. The molecule has 2 rings (SSSR count). The SMILES string of the molecule is O=[N+]([O-])c1ccc(-n2ccnc2)c(O)c1. The second-order valence-electron chi connectivity index (χ2n) is 2.90. The molecule has 1 aromatic carbocycles. The molecule has 0 saturated carbocycles. The van der Waals surface area contributed by atoms with Crippen LogP contribution in [-0.4, -0.2) is 19.6 Å². The molecule has 0 amide bonds. The van der Waals surface area contributed by atoms with Crippen molar-refractivity contribution in [2.24, 2.45) is 0 Å². The molecule has 0 fully saturated rings. The summed E-state index contributed by atoms with van der Waals surface area (Å²) in [6.45, 7) is 0. The van der Waals surface area contributed by atoms with E-state index in [0.717, 1.165) is 6.07 Å². The largest absolute Gasteiger partial charge is 0.505 e. The van der Waals surface area contributed by atoms with Crippen molar-refractivity contribution in [3.63, 3.8) is 0 Å². The molecule has 6 nitrogen and oxygen atoms in total. The number of imidazole rings is 1. The van der Waals surface area contributed by atoms with Gasteiger partial charge in [0.15, 0.2) is 0 Å². The molecule has 0 radical (unpaired) electrons. The maximum atomic E-state index is 10.4. The highest BCUT2D eigenvalue weighted by atomic mass is 16.6. The molecule has 2 aromatic rings. The zero-order chi connectivity index (χ0) is 10.8. The number of aromatic nitrogens is 2. The summed E-state index contributed by atoms with van der Waals surface area (Å²) >= 11 is 0. The quantitative estimate of drug-likeness (QED) is 0.594. The summed E-state index contributed by atoms with van der Waals surface area (Å²) in [6.07, 6.45) is 4.70. The van der Waals surface area contributed by atoms with E-state index in [1.54, 1.807) is 17.0 Å². The van der Waals surface area contributed by atoms with Gasteiger partial charge in [-0.2, -0.15) is 0 Å². The predicted molar refractivity (Wildman–Crippen MR) is 51.9 cm³/mol. The molecule has 0 aliphatic rings. The maximum absolute atomic E-state index is 10.4. The van der Waals surface area contributed by atoms with E-state index in [-0.39, 0.29) is 11.4 Å². The van der Waals surface area contributed by atoms with Gasteiger partial charge in [-0.3, -0.25) is 10.1 Å². The van der Waals surface area contributed by atoms with Gasteiger partial charge < -0.3 is 9.67 Å². The standard InChI is InChI=1S/C9H7N3O3/c13-9-5-7(12(14)15)1-2-8(9)11-4-3-10-6-11/h1-6,13H. The molecule has 0 spiro atoms. The van der Waals surface area contributed by atoms with Crippen LogP contribution in [0.3, 0.4) is 0 Å².